The van der Waals surface area contributed by atoms with Crippen molar-refractivity contribution in [2.24, 2.45) is 5.92 Å². The molecule has 3 aliphatic heterocycles. The number of aliphatic hydroxyl groups is 1. The highest BCUT2D eigenvalue weighted by Gasteiger charge is 2.50. The van der Waals surface area contributed by atoms with Crippen LogP contribution in [0.3, 0.4) is 0 Å². The lowest BCUT2D eigenvalue weighted by atomic mass is 9.93. The number of anilines is 1. The van der Waals surface area contributed by atoms with Gasteiger partial charge in [0, 0.05) is 17.8 Å². The van der Waals surface area contributed by atoms with Gasteiger partial charge in [-0.25, -0.2) is 0 Å². The molecular weight excluding hydrogens is 534 g/mol. The first kappa shape index (κ1) is 29.9. The van der Waals surface area contributed by atoms with E-state index in [0.29, 0.717) is 13.0 Å². The highest BCUT2D eigenvalue weighted by atomic mass is 28.4. The minimum absolute atomic E-state index is 0.0125. The van der Waals surface area contributed by atoms with Crippen molar-refractivity contribution in [2.45, 2.75) is 94.9 Å². The minimum atomic E-state index is -2.64. The van der Waals surface area contributed by atoms with E-state index in [1.165, 1.54) is 5.56 Å². The van der Waals surface area contributed by atoms with E-state index in [9.17, 15) is 19.5 Å². The van der Waals surface area contributed by atoms with E-state index in [2.05, 4.69) is 29.7 Å². The SMILES string of the molecule is C[C@@H]1[C@@H]([Si](C)(C)O)[C@H](CC(=O)N2Cc3ccccc3C[C@H]2CO)O[C@@H]1CCc1cccc(NC(=O)[C@H]2CCCN2)c1. The Morgan fingerprint density at radius 1 is 1.12 bits per heavy atom. The molecule has 0 unspecified atom stereocenters. The Hall–Kier alpha value is -2.56. The third kappa shape index (κ3) is 6.92. The summed E-state index contributed by atoms with van der Waals surface area (Å²) in [7, 11) is -2.64. The average Bonchev–Trinajstić information content (AvgIpc) is 3.59. The van der Waals surface area contributed by atoms with Gasteiger partial charge in [-0.2, -0.15) is 0 Å². The van der Waals surface area contributed by atoms with Crippen LogP contribution >= 0.6 is 0 Å². The predicted octanol–water partition coefficient (Wildman–Crippen LogP) is 3.62. The zero-order valence-corrected chi connectivity index (χ0v) is 25.5. The van der Waals surface area contributed by atoms with E-state index >= 15 is 0 Å². The Bertz CT molecular complexity index is 1230. The van der Waals surface area contributed by atoms with Crippen LogP contribution in [0.2, 0.25) is 18.6 Å². The number of rotatable bonds is 9. The summed E-state index contributed by atoms with van der Waals surface area (Å²) in [5, 5.41) is 16.4. The minimum Gasteiger partial charge on any atom is -0.432 e. The second-order valence-corrected chi connectivity index (χ2v) is 16.6. The molecular formula is C32H45N3O5Si. The number of amides is 2. The van der Waals surface area contributed by atoms with E-state index < -0.39 is 8.32 Å². The third-order valence-electron chi connectivity index (χ3n) is 9.27. The van der Waals surface area contributed by atoms with Crippen molar-refractivity contribution >= 4 is 25.8 Å². The molecule has 0 aliphatic carbocycles. The maximum absolute atomic E-state index is 13.6. The first-order valence-corrected chi connectivity index (χ1v) is 18.1. The van der Waals surface area contributed by atoms with Gasteiger partial charge in [0.15, 0.2) is 8.32 Å². The quantitative estimate of drug-likeness (QED) is 0.338. The molecule has 2 saturated heterocycles. The molecule has 0 saturated carbocycles. The van der Waals surface area contributed by atoms with Gasteiger partial charge >= 0.3 is 0 Å². The fourth-order valence-corrected chi connectivity index (χ4v) is 9.80. The fourth-order valence-electron chi connectivity index (χ4n) is 7.19. The molecule has 2 amide bonds. The van der Waals surface area contributed by atoms with Gasteiger partial charge in [-0.1, -0.05) is 43.3 Å². The first-order valence-electron chi connectivity index (χ1n) is 15.1. The number of aliphatic hydroxyl groups excluding tert-OH is 1. The summed E-state index contributed by atoms with van der Waals surface area (Å²) in [6.45, 7) is 7.31. The number of ether oxygens (including phenoxy) is 1. The van der Waals surface area contributed by atoms with Gasteiger partial charge in [0.25, 0.3) is 0 Å². The number of hydrogen-bond donors (Lipinski definition) is 4. The number of benzene rings is 2. The summed E-state index contributed by atoms with van der Waals surface area (Å²) >= 11 is 0. The fraction of sp³-hybridized carbons (Fsp3) is 0.562. The van der Waals surface area contributed by atoms with Crippen LogP contribution in [0.15, 0.2) is 48.5 Å². The molecule has 0 radical (unpaired) electrons. The second kappa shape index (κ2) is 12.7. The largest absolute Gasteiger partial charge is 0.432 e. The molecule has 0 spiro atoms. The summed E-state index contributed by atoms with van der Waals surface area (Å²) in [5.74, 6) is 0.102. The number of carbonyl (C=O) groups excluding carboxylic acids is 2. The Balaban J connectivity index is 1.23. The zero-order valence-electron chi connectivity index (χ0n) is 24.5. The normalized spacial score (nSPS) is 28.0. The number of nitrogens with zero attached hydrogens (tertiary/aromatic N) is 1. The highest BCUT2D eigenvalue weighted by molar-refractivity contribution is 6.71. The van der Waals surface area contributed by atoms with Crippen molar-refractivity contribution in [1.29, 1.82) is 0 Å². The topological polar surface area (TPSA) is 111 Å². The van der Waals surface area contributed by atoms with Crippen molar-refractivity contribution in [1.82, 2.24) is 10.2 Å². The Morgan fingerprint density at radius 2 is 1.90 bits per heavy atom. The molecule has 2 fully saturated rings. The molecule has 8 nitrogen and oxygen atoms in total. The molecule has 2 aromatic carbocycles. The molecule has 9 heteroatoms. The van der Waals surface area contributed by atoms with Crippen LogP contribution in [0.5, 0.6) is 0 Å². The lowest BCUT2D eigenvalue weighted by Crippen LogP contribution is -2.48. The number of aryl methyl sites for hydroxylation is 1. The lowest BCUT2D eigenvalue weighted by Gasteiger charge is -2.37. The maximum atomic E-state index is 13.6. The van der Waals surface area contributed by atoms with Crippen LogP contribution in [0.4, 0.5) is 5.69 Å². The first-order chi connectivity index (χ1) is 19.6. The van der Waals surface area contributed by atoms with Gasteiger partial charge in [0.05, 0.1) is 37.3 Å². The molecule has 2 aromatic rings. The molecule has 0 bridgehead atoms. The van der Waals surface area contributed by atoms with Gasteiger partial charge < -0.3 is 30.2 Å². The van der Waals surface area contributed by atoms with Gasteiger partial charge in [-0.3, -0.25) is 9.59 Å². The smallest absolute Gasteiger partial charge is 0.241 e. The Morgan fingerprint density at radius 3 is 2.61 bits per heavy atom. The van der Waals surface area contributed by atoms with Gasteiger partial charge in [0.2, 0.25) is 11.8 Å². The summed E-state index contributed by atoms with van der Waals surface area (Å²) in [5.41, 5.74) is 4.16. The standard InChI is InChI=1S/C32H45N3O5Si/c1-21-28(14-13-22-8-6-11-25(16-22)34-32(38)27-12-7-15-33-27)40-29(31(21)41(2,3)39)18-30(37)35-19-24-10-5-4-9-23(24)17-26(35)20-36/h4-6,8-11,16,21,26-29,31,33,36,39H,7,12-15,17-20H2,1-3H3,(H,34,38)/t21-,26-,27+,28+,29-,31+/m0/s1. The number of carbonyl (C=O) groups is 2. The molecule has 3 heterocycles. The summed E-state index contributed by atoms with van der Waals surface area (Å²) in [6.07, 6.45) is 3.85. The maximum Gasteiger partial charge on any atom is 0.241 e. The monoisotopic (exact) mass is 579 g/mol. The van der Waals surface area contributed by atoms with Crippen molar-refractivity contribution in [2.75, 3.05) is 18.5 Å². The second-order valence-electron chi connectivity index (χ2n) is 12.7. The van der Waals surface area contributed by atoms with E-state index in [4.69, 9.17) is 4.74 Å². The number of hydrogen-bond acceptors (Lipinski definition) is 6. The highest BCUT2D eigenvalue weighted by Crippen LogP contribution is 2.46. The summed E-state index contributed by atoms with van der Waals surface area (Å²) in [6, 6.07) is 15.7. The third-order valence-corrected chi connectivity index (χ3v) is 11.8. The average molecular weight is 580 g/mol. The summed E-state index contributed by atoms with van der Waals surface area (Å²) < 4.78 is 6.58. The van der Waals surface area contributed by atoms with Crippen LogP contribution in [0.25, 0.3) is 0 Å². The van der Waals surface area contributed by atoms with Crippen molar-refractivity contribution in [3.05, 3.63) is 65.2 Å². The van der Waals surface area contributed by atoms with Crippen LogP contribution < -0.4 is 10.6 Å². The Kier molecular flexibility index (Phi) is 9.30. The van der Waals surface area contributed by atoms with E-state index in [1.54, 1.807) is 4.90 Å². The molecule has 0 aromatic heterocycles. The molecule has 4 N–H and O–H groups in total. The van der Waals surface area contributed by atoms with Crippen molar-refractivity contribution < 1.29 is 24.2 Å². The lowest BCUT2D eigenvalue weighted by molar-refractivity contribution is -0.138. The number of nitrogens with one attached hydrogen (secondary N) is 2. The van der Waals surface area contributed by atoms with Gasteiger partial charge in [-0.05, 0) is 86.5 Å². The van der Waals surface area contributed by atoms with E-state index in [1.807, 2.05) is 49.5 Å². The molecule has 41 heavy (non-hydrogen) atoms. The van der Waals surface area contributed by atoms with Gasteiger partial charge in [0.1, 0.15) is 0 Å². The summed E-state index contributed by atoms with van der Waals surface area (Å²) in [4.78, 5) is 39.3. The molecule has 5 rings (SSSR count). The number of fused-ring (bicyclic) bond motifs is 1. The molecule has 6 atom stereocenters. The van der Waals surface area contributed by atoms with E-state index in [0.717, 1.165) is 49.0 Å². The van der Waals surface area contributed by atoms with Crippen LogP contribution in [-0.2, 0) is 33.7 Å². The van der Waals surface area contributed by atoms with Gasteiger partial charge in [-0.15, -0.1) is 0 Å². The predicted molar refractivity (Wildman–Crippen MR) is 162 cm³/mol. The van der Waals surface area contributed by atoms with Crippen molar-refractivity contribution in [3.8, 4) is 0 Å². The van der Waals surface area contributed by atoms with Crippen molar-refractivity contribution in [3.63, 3.8) is 0 Å². The molecule has 3 aliphatic rings. The molecule has 222 valence electrons. The van der Waals surface area contributed by atoms with Crippen LogP contribution in [-0.4, -0.2) is 72.4 Å². The van der Waals surface area contributed by atoms with Crippen LogP contribution in [0.1, 0.15) is 49.3 Å². The van der Waals surface area contributed by atoms with Crippen LogP contribution in [0, 0.1) is 5.92 Å². The van der Waals surface area contributed by atoms with E-state index in [-0.39, 0.29) is 60.6 Å². The zero-order chi connectivity index (χ0) is 29.1. The Labute approximate surface area is 244 Å².